The maximum atomic E-state index is 4.23. The molecule has 3 rings (SSSR count). The van der Waals surface area contributed by atoms with Crippen LogP contribution in [0.4, 0.5) is 5.82 Å². The molecule has 1 aromatic carbocycles. The van der Waals surface area contributed by atoms with Gasteiger partial charge < -0.3 is 5.32 Å². The summed E-state index contributed by atoms with van der Waals surface area (Å²) in [5.41, 5.74) is 2.41. The predicted octanol–water partition coefficient (Wildman–Crippen LogP) is 2.75. The Morgan fingerprint density at radius 1 is 1.18 bits per heavy atom. The van der Waals surface area contributed by atoms with Gasteiger partial charge in [0.05, 0.1) is 0 Å². The lowest BCUT2D eigenvalue weighted by atomic mass is 10.1. The van der Waals surface area contributed by atoms with E-state index in [-0.39, 0.29) is 0 Å². The number of nitrogens with one attached hydrogen (secondary N) is 1. The lowest BCUT2D eigenvalue weighted by Gasteiger charge is -2.05. The third-order valence-electron chi connectivity index (χ3n) is 3.16. The molecular formula is C14H15N3. The Hall–Kier alpha value is -1.90. The van der Waals surface area contributed by atoms with Crippen molar-refractivity contribution in [2.24, 2.45) is 0 Å². The lowest BCUT2D eigenvalue weighted by molar-refractivity contribution is 1.01. The zero-order chi connectivity index (χ0) is 11.7. The molecule has 1 heterocycles. The highest BCUT2D eigenvalue weighted by atomic mass is 15.1. The third kappa shape index (κ3) is 2.28. The molecule has 1 saturated carbocycles. The van der Waals surface area contributed by atoms with E-state index in [1.165, 1.54) is 12.0 Å². The highest BCUT2D eigenvalue weighted by Crippen LogP contribution is 2.42. The Morgan fingerprint density at radius 3 is 2.76 bits per heavy atom. The number of hydrogen-bond acceptors (Lipinski definition) is 3. The van der Waals surface area contributed by atoms with Gasteiger partial charge in [-0.1, -0.05) is 30.3 Å². The van der Waals surface area contributed by atoms with Gasteiger partial charge in [0, 0.05) is 23.7 Å². The number of benzene rings is 1. The number of hydrogen-bond donors (Lipinski definition) is 1. The molecule has 1 N–H and O–H groups in total. The Morgan fingerprint density at radius 2 is 2.00 bits per heavy atom. The highest BCUT2D eigenvalue weighted by molar-refractivity contribution is 5.41. The zero-order valence-corrected chi connectivity index (χ0v) is 9.80. The van der Waals surface area contributed by atoms with Gasteiger partial charge in [0.25, 0.3) is 0 Å². The van der Waals surface area contributed by atoms with Crippen LogP contribution >= 0.6 is 0 Å². The molecule has 1 aliphatic carbocycles. The summed E-state index contributed by atoms with van der Waals surface area (Å²) in [7, 11) is 0. The van der Waals surface area contributed by atoms with Crippen molar-refractivity contribution >= 4 is 5.82 Å². The van der Waals surface area contributed by atoms with Crippen molar-refractivity contribution < 1.29 is 0 Å². The van der Waals surface area contributed by atoms with E-state index in [2.05, 4.69) is 45.6 Å². The summed E-state index contributed by atoms with van der Waals surface area (Å²) < 4.78 is 0. The number of aromatic nitrogens is 2. The van der Waals surface area contributed by atoms with Crippen molar-refractivity contribution in [2.45, 2.75) is 25.3 Å². The molecule has 17 heavy (non-hydrogen) atoms. The van der Waals surface area contributed by atoms with E-state index in [1.807, 2.05) is 13.0 Å². The molecule has 0 bridgehead atoms. The van der Waals surface area contributed by atoms with Crippen LogP contribution in [0.5, 0.6) is 0 Å². The minimum absolute atomic E-state index is 0.520. The molecule has 1 aliphatic rings. The monoisotopic (exact) mass is 225 g/mol. The van der Waals surface area contributed by atoms with Gasteiger partial charge in [0.1, 0.15) is 12.1 Å². The molecule has 0 aliphatic heterocycles. The maximum Gasteiger partial charge on any atom is 0.129 e. The Kier molecular flexibility index (Phi) is 2.52. The zero-order valence-electron chi connectivity index (χ0n) is 9.80. The molecule has 0 spiro atoms. The fraction of sp³-hybridized carbons (Fsp3) is 0.286. The smallest absolute Gasteiger partial charge is 0.129 e. The first-order valence-electron chi connectivity index (χ1n) is 5.93. The summed E-state index contributed by atoms with van der Waals surface area (Å²) in [6.45, 7) is 1.98. The van der Waals surface area contributed by atoms with Gasteiger partial charge in [-0.25, -0.2) is 9.97 Å². The molecule has 0 amide bonds. The summed E-state index contributed by atoms with van der Waals surface area (Å²) in [5, 5.41) is 3.45. The highest BCUT2D eigenvalue weighted by Gasteiger charge is 2.38. The van der Waals surface area contributed by atoms with Crippen molar-refractivity contribution in [1.82, 2.24) is 9.97 Å². The van der Waals surface area contributed by atoms with Crippen LogP contribution in [0, 0.1) is 6.92 Å². The molecule has 0 saturated heterocycles. The Bertz CT molecular complexity index is 510. The van der Waals surface area contributed by atoms with Gasteiger partial charge >= 0.3 is 0 Å². The number of rotatable bonds is 3. The van der Waals surface area contributed by atoms with Crippen LogP contribution in [0.2, 0.25) is 0 Å². The second-order valence-corrected chi connectivity index (χ2v) is 4.55. The van der Waals surface area contributed by atoms with Gasteiger partial charge in [0.2, 0.25) is 0 Å². The summed E-state index contributed by atoms with van der Waals surface area (Å²) in [4.78, 5) is 8.32. The average Bonchev–Trinajstić information content (AvgIpc) is 3.10. The van der Waals surface area contributed by atoms with Gasteiger partial charge in [-0.3, -0.25) is 0 Å². The predicted molar refractivity (Wildman–Crippen MR) is 68.0 cm³/mol. The van der Waals surface area contributed by atoms with Crippen molar-refractivity contribution in [3.05, 3.63) is 54.0 Å². The van der Waals surface area contributed by atoms with E-state index < -0.39 is 0 Å². The van der Waals surface area contributed by atoms with Crippen LogP contribution in [-0.2, 0) is 0 Å². The van der Waals surface area contributed by atoms with Crippen molar-refractivity contribution in [1.29, 1.82) is 0 Å². The minimum atomic E-state index is 0.520. The first kappa shape index (κ1) is 10.3. The average molecular weight is 225 g/mol. The maximum absolute atomic E-state index is 4.23. The minimum Gasteiger partial charge on any atom is -0.367 e. The second kappa shape index (κ2) is 4.17. The van der Waals surface area contributed by atoms with Crippen LogP contribution in [0.25, 0.3) is 0 Å². The largest absolute Gasteiger partial charge is 0.367 e. The van der Waals surface area contributed by atoms with Crippen LogP contribution in [0.1, 0.15) is 23.6 Å². The van der Waals surface area contributed by atoms with Gasteiger partial charge in [-0.15, -0.1) is 0 Å². The van der Waals surface area contributed by atoms with E-state index in [9.17, 15) is 0 Å². The first-order chi connectivity index (χ1) is 8.33. The van der Waals surface area contributed by atoms with Crippen molar-refractivity contribution in [3.63, 3.8) is 0 Å². The number of nitrogens with zero attached hydrogens (tertiary/aromatic N) is 2. The van der Waals surface area contributed by atoms with E-state index in [0.29, 0.717) is 12.0 Å². The van der Waals surface area contributed by atoms with Crippen LogP contribution in [-0.4, -0.2) is 16.0 Å². The summed E-state index contributed by atoms with van der Waals surface area (Å²) in [6.07, 6.45) is 2.80. The fourth-order valence-electron chi connectivity index (χ4n) is 2.15. The normalized spacial score (nSPS) is 22.2. The fourth-order valence-corrected chi connectivity index (χ4v) is 2.15. The lowest BCUT2D eigenvalue weighted by Crippen LogP contribution is -2.06. The molecule has 0 radical (unpaired) electrons. The Labute approximate surface area is 101 Å². The molecule has 2 aromatic rings. The summed E-state index contributed by atoms with van der Waals surface area (Å²) in [5.74, 6) is 1.56. The summed E-state index contributed by atoms with van der Waals surface area (Å²) >= 11 is 0. The summed E-state index contributed by atoms with van der Waals surface area (Å²) in [6, 6.07) is 13.1. The molecule has 2 atom stereocenters. The molecule has 86 valence electrons. The molecular weight excluding hydrogens is 210 g/mol. The van der Waals surface area contributed by atoms with E-state index >= 15 is 0 Å². The second-order valence-electron chi connectivity index (χ2n) is 4.55. The topological polar surface area (TPSA) is 37.8 Å². The SMILES string of the molecule is Cc1cc(NC2CC2c2ccccc2)ncn1. The molecule has 1 fully saturated rings. The molecule has 1 aromatic heterocycles. The van der Waals surface area contributed by atoms with E-state index in [1.54, 1.807) is 6.33 Å². The standard InChI is InChI=1S/C14H15N3/c1-10-7-14(16-9-15-10)17-13-8-12(13)11-5-3-2-4-6-11/h2-7,9,12-13H,8H2,1H3,(H,15,16,17). The van der Waals surface area contributed by atoms with Gasteiger partial charge in [-0.2, -0.15) is 0 Å². The van der Waals surface area contributed by atoms with Crippen LogP contribution in [0.3, 0.4) is 0 Å². The van der Waals surface area contributed by atoms with Gasteiger partial charge in [-0.05, 0) is 18.9 Å². The third-order valence-corrected chi connectivity index (χ3v) is 3.16. The molecule has 3 nitrogen and oxygen atoms in total. The van der Waals surface area contributed by atoms with E-state index in [0.717, 1.165) is 11.5 Å². The Balaban J connectivity index is 1.66. The molecule has 2 unspecified atom stereocenters. The van der Waals surface area contributed by atoms with Crippen LogP contribution < -0.4 is 5.32 Å². The number of anilines is 1. The van der Waals surface area contributed by atoms with Gasteiger partial charge in [0.15, 0.2) is 0 Å². The first-order valence-corrected chi connectivity index (χ1v) is 5.93. The van der Waals surface area contributed by atoms with Crippen molar-refractivity contribution in [3.8, 4) is 0 Å². The van der Waals surface area contributed by atoms with Crippen molar-refractivity contribution in [2.75, 3.05) is 5.32 Å². The number of aryl methyl sites for hydroxylation is 1. The molecule has 3 heteroatoms. The van der Waals surface area contributed by atoms with Crippen LogP contribution in [0.15, 0.2) is 42.7 Å². The quantitative estimate of drug-likeness (QED) is 0.872. The van der Waals surface area contributed by atoms with E-state index in [4.69, 9.17) is 0 Å².